The van der Waals surface area contributed by atoms with E-state index in [-0.39, 0.29) is 24.3 Å². The van der Waals surface area contributed by atoms with Crippen molar-refractivity contribution in [3.63, 3.8) is 0 Å². The molecule has 2 N–H and O–H groups in total. The zero-order valence-corrected chi connectivity index (χ0v) is 22.5. The van der Waals surface area contributed by atoms with Crippen LogP contribution >= 0.6 is 0 Å². The molecule has 39 heavy (non-hydrogen) atoms. The highest BCUT2D eigenvalue weighted by molar-refractivity contribution is 6.03. The normalized spacial score (nSPS) is 14.5. The number of hydrogen-bond donors (Lipinski definition) is 2. The predicted octanol–water partition coefficient (Wildman–Crippen LogP) is 5.95. The maximum Gasteiger partial charge on any atom is 0.248 e. The summed E-state index contributed by atoms with van der Waals surface area (Å²) in [6.45, 7) is 0. The van der Waals surface area contributed by atoms with Crippen LogP contribution in [0, 0.1) is 0 Å². The fourth-order valence-electron chi connectivity index (χ4n) is 5.52. The van der Waals surface area contributed by atoms with Crippen molar-refractivity contribution >= 4 is 28.4 Å². The Hall–Kier alpha value is -4.26. The number of H-pyrrole nitrogens is 1. The first-order valence-electron chi connectivity index (χ1n) is 13.5. The molecular weight excluding hydrogens is 490 g/mol. The third-order valence-corrected chi connectivity index (χ3v) is 7.50. The molecule has 1 aliphatic carbocycles. The Morgan fingerprint density at radius 1 is 0.923 bits per heavy atom. The summed E-state index contributed by atoms with van der Waals surface area (Å²) in [5.41, 5.74) is 3.16. The maximum atomic E-state index is 14.2. The molecule has 0 saturated heterocycles. The van der Waals surface area contributed by atoms with Gasteiger partial charge in [0, 0.05) is 28.8 Å². The molecule has 5 rings (SSSR count). The van der Waals surface area contributed by atoms with Crippen LogP contribution in [0.15, 0.2) is 79.0 Å². The zero-order valence-electron chi connectivity index (χ0n) is 22.5. The van der Waals surface area contributed by atoms with Crippen LogP contribution in [0.25, 0.3) is 10.9 Å². The molecule has 1 saturated carbocycles. The van der Waals surface area contributed by atoms with E-state index >= 15 is 0 Å². The van der Waals surface area contributed by atoms with Crippen molar-refractivity contribution in [1.29, 1.82) is 0 Å². The van der Waals surface area contributed by atoms with E-state index in [2.05, 4.69) is 10.3 Å². The molecule has 4 aromatic rings. The van der Waals surface area contributed by atoms with Crippen LogP contribution in [-0.4, -0.2) is 37.1 Å². The fourth-order valence-corrected chi connectivity index (χ4v) is 5.52. The Balaban J connectivity index is 1.58. The van der Waals surface area contributed by atoms with E-state index in [9.17, 15) is 9.59 Å². The topological polar surface area (TPSA) is 83.7 Å². The quantitative estimate of drug-likeness (QED) is 0.283. The van der Waals surface area contributed by atoms with E-state index in [1.54, 1.807) is 31.3 Å². The molecule has 0 bridgehead atoms. The number of aromatic nitrogens is 1. The Morgan fingerprint density at radius 3 is 2.38 bits per heavy atom. The van der Waals surface area contributed by atoms with Crippen LogP contribution in [0.3, 0.4) is 0 Å². The van der Waals surface area contributed by atoms with E-state index in [1.165, 1.54) is 6.42 Å². The van der Waals surface area contributed by atoms with Gasteiger partial charge in [-0.3, -0.25) is 14.5 Å². The minimum absolute atomic E-state index is 0.0928. The largest absolute Gasteiger partial charge is 0.493 e. The van der Waals surface area contributed by atoms with Crippen LogP contribution in [-0.2, 0) is 16.0 Å². The average molecular weight is 526 g/mol. The van der Waals surface area contributed by atoms with Gasteiger partial charge in [0.25, 0.3) is 0 Å². The first-order chi connectivity index (χ1) is 19.1. The minimum Gasteiger partial charge on any atom is -0.493 e. The number of para-hydroxylation sites is 2. The molecule has 7 heteroatoms. The number of aromatic amines is 1. The zero-order chi connectivity index (χ0) is 27.2. The van der Waals surface area contributed by atoms with Gasteiger partial charge in [0.1, 0.15) is 6.04 Å². The summed E-state index contributed by atoms with van der Waals surface area (Å²) in [5.74, 6) is 0.682. The Bertz CT molecular complexity index is 1430. The molecule has 0 radical (unpaired) electrons. The monoisotopic (exact) mass is 525 g/mol. The third kappa shape index (κ3) is 5.77. The summed E-state index contributed by atoms with van der Waals surface area (Å²) in [7, 11) is 3.14. The fraction of sp³-hybridized carbons (Fsp3) is 0.312. The molecule has 7 nitrogen and oxygen atoms in total. The van der Waals surface area contributed by atoms with E-state index in [4.69, 9.17) is 9.47 Å². The van der Waals surface area contributed by atoms with Gasteiger partial charge in [0.2, 0.25) is 11.8 Å². The molecule has 1 fully saturated rings. The van der Waals surface area contributed by atoms with Gasteiger partial charge in [-0.1, -0.05) is 61.7 Å². The van der Waals surface area contributed by atoms with E-state index in [1.807, 2.05) is 66.9 Å². The van der Waals surface area contributed by atoms with Crippen molar-refractivity contribution in [1.82, 2.24) is 10.3 Å². The number of methoxy groups -OCH3 is 2. The molecule has 1 aromatic heterocycles. The first kappa shape index (κ1) is 26.4. The second kappa shape index (κ2) is 12.1. The van der Waals surface area contributed by atoms with Gasteiger partial charge in [-0.05, 0) is 54.3 Å². The molecule has 0 spiro atoms. The van der Waals surface area contributed by atoms with Crippen molar-refractivity contribution in [2.75, 3.05) is 19.1 Å². The number of nitrogens with zero attached hydrogens (tertiary/aromatic N) is 1. The van der Waals surface area contributed by atoms with Gasteiger partial charge < -0.3 is 19.8 Å². The lowest BCUT2D eigenvalue weighted by Crippen LogP contribution is -2.47. The van der Waals surface area contributed by atoms with Gasteiger partial charge >= 0.3 is 0 Å². The minimum atomic E-state index is -0.896. The van der Waals surface area contributed by atoms with Crippen molar-refractivity contribution in [3.05, 3.63) is 90.1 Å². The SMILES string of the molecule is COc1ccc([C@H](C(=O)NC2CCCCC2)N(C(=O)Cc2c[nH]c3ccccc23)c2ccccc2)cc1OC. The maximum absolute atomic E-state index is 14.2. The van der Waals surface area contributed by atoms with Crippen molar-refractivity contribution in [2.45, 2.75) is 50.6 Å². The van der Waals surface area contributed by atoms with Crippen molar-refractivity contribution < 1.29 is 19.1 Å². The average Bonchev–Trinajstić information content (AvgIpc) is 3.38. The second-order valence-electron chi connectivity index (χ2n) is 10.00. The first-order valence-corrected chi connectivity index (χ1v) is 13.5. The molecule has 0 unspecified atom stereocenters. The van der Waals surface area contributed by atoms with Crippen LogP contribution in [0.5, 0.6) is 11.5 Å². The van der Waals surface area contributed by atoms with Gasteiger partial charge in [-0.25, -0.2) is 0 Å². The number of anilines is 1. The number of hydrogen-bond acceptors (Lipinski definition) is 4. The highest BCUT2D eigenvalue weighted by atomic mass is 16.5. The lowest BCUT2D eigenvalue weighted by Gasteiger charge is -2.33. The summed E-state index contributed by atoms with van der Waals surface area (Å²) >= 11 is 0. The van der Waals surface area contributed by atoms with Crippen LogP contribution < -0.4 is 19.7 Å². The van der Waals surface area contributed by atoms with Crippen LogP contribution in [0.4, 0.5) is 5.69 Å². The van der Waals surface area contributed by atoms with Crippen LogP contribution in [0.2, 0.25) is 0 Å². The van der Waals surface area contributed by atoms with Gasteiger partial charge in [-0.2, -0.15) is 0 Å². The molecule has 0 aliphatic heterocycles. The van der Waals surface area contributed by atoms with E-state index in [0.717, 1.165) is 42.1 Å². The van der Waals surface area contributed by atoms with Crippen molar-refractivity contribution in [2.24, 2.45) is 0 Å². The number of fused-ring (bicyclic) bond motifs is 1. The van der Waals surface area contributed by atoms with Gasteiger partial charge in [0.05, 0.1) is 20.6 Å². The molecular formula is C32H35N3O4. The number of amides is 2. The highest BCUT2D eigenvalue weighted by Gasteiger charge is 2.35. The van der Waals surface area contributed by atoms with Gasteiger partial charge in [0.15, 0.2) is 11.5 Å². The number of nitrogens with one attached hydrogen (secondary N) is 2. The lowest BCUT2D eigenvalue weighted by molar-refractivity contribution is -0.127. The Labute approximate surface area is 229 Å². The number of ether oxygens (including phenoxy) is 2. The molecule has 3 aromatic carbocycles. The second-order valence-corrected chi connectivity index (χ2v) is 10.00. The smallest absolute Gasteiger partial charge is 0.248 e. The van der Waals surface area contributed by atoms with E-state index in [0.29, 0.717) is 22.7 Å². The number of carbonyl (C=O) groups excluding carboxylic acids is 2. The van der Waals surface area contributed by atoms with Gasteiger partial charge in [-0.15, -0.1) is 0 Å². The summed E-state index contributed by atoms with van der Waals surface area (Å²) in [4.78, 5) is 33.2. The van der Waals surface area contributed by atoms with E-state index < -0.39 is 6.04 Å². The number of carbonyl (C=O) groups is 2. The summed E-state index contributed by atoms with van der Waals surface area (Å²) < 4.78 is 11.0. The van der Waals surface area contributed by atoms with Crippen LogP contribution in [0.1, 0.15) is 49.3 Å². The molecule has 1 heterocycles. The lowest BCUT2D eigenvalue weighted by atomic mass is 9.94. The number of rotatable bonds is 9. The molecule has 202 valence electrons. The summed E-state index contributed by atoms with van der Waals surface area (Å²) in [6.07, 6.45) is 7.27. The predicted molar refractivity (Wildman–Crippen MR) is 153 cm³/mol. The molecule has 1 atom stereocenters. The molecule has 2 amide bonds. The molecule has 1 aliphatic rings. The third-order valence-electron chi connectivity index (χ3n) is 7.50. The van der Waals surface area contributed by atoms with Crippen molar-refractivity contribution in [3.8, 4) is 11.5 Å². The number of benzene rings is 3. The summed E-state index contributed by atoms with van der Waals surface area (Å²) in [6, 6.07) is 21.9. The Kier molecular flexibility index (Phi) is 8.16. The standard InChI is InChI=1S/C32H35N3O4/c1-38-28-18-17-22(19-29(28)39-2)31(32(37)34-24-11-5-3-6-12-24)35(25-13-7-4-8-14-25)30(36)20-23-21-33-27-16-10-9-15-26(23)27/h4,7-10,13-19,21,24,31,33H,3,5-6,11-12,20H2,1-2H3,(H,34,37)/t31-/m1/s1. The summed E-state index contributed by atoms with van der Waals surface area (Å²) in [5, 5.41) is 4.26. The Morgan fingerprint density at radius 2 is 1.64 bits per heavy atom. The highest BCUT2D eigenvalue weighted by Crippen LogP contribution is 2.35.